The van der Waals surface area contributed by atoms with Gasteiger partial charge in [0.15, 0.2) is 0 Å². The van der Waals surface area contributed by atoms with Crippen molar-refractivity contribution in [1.82, 2.24) is 4.98 Å². The van der Waals surface area contributed by atoms with Crippen molar-refractivity contribution in [2.45, 2.75) is 13.5 Å². The van der Waals surface area contributed by atoms with Gasteiger partial charge in [0.05, 0.1) is 29.5 Å². The Balaban J connectivity index is 2.04. The highest BCUT2D eigenvalue weighted by atomic mass is 19.1. The first kappa shape index (κ1) is 14.7. The van der Waals surface area contributed by atoms with Crippen molar-refractivity contribution >= 4 is 11.4 Å². The molecule has 7 heteroatoms. The average Bonchev–Trinajstić information content (AvgIpc) is 2.46. The molecular formula is C14H14FN3O3. The van der Waals surface area contributed by atoms with Crippen LogP contribution < -0.4 is 10.1 Å². The number of halogens is 1. The summed E-state index contributed by atoms with van der Waals surface area (Å²) < 4.78 is 18.5. The molecule has 0 atom stereocenters. The summed E-state index contributed by atoms with van der Waals surface area (Å²) in [5.41, 5.74) is 0.928. The van der Waals surface area contributed by atoms with Crippen molar-refractivity contribution in [3.05, 3.63) is 58.0 Å². The van der Waals surface area contributed by atoms with Gasteiger partial charge in [-0.05, 0) is 24.6 Å². The van der Waals surface area contributed by atoms with Gasteiger partial charge in [-0.3, -0.25) is 10.1 Å². The van der Waals surface area contributed by atoms with Crippen LogP contribution in [0.2, 0.25) is 0 Å². The van der Waals surface area contributed by atoms with Crippen LogP contribution in [0.1, 0.15) is 12.5 Å². The van der Waals surface area contributed by atoms with E-state index in [2.05, 4.69) is 10.3 Å². The van der Waals surface area contributed by atoms with E-state index < -0.39 is 10.7 Å². The van der Waals surface area contributed by atoms with E-state index in [4.69, 9.17) is 4.74 Å². The topological polar surface area (TPSA) is 77.3 Å². The molecule has 21 heavy (non-hydrogen) atoms. The Bertz CT molecular complexity index is 632. The van der Waals surface area contributed by atoms with Gasteiger partial charge in [-0.25, -0.2) is 9.37 Å². The molecule has 0 amide bonds. The summed E-state index contributed by atoms with van der Waals surface area (Å²) in [5, 5.41) is 13.7. The smallest absolute Gasteiger partial charge is 0.272 e. The van der Waals surface area contributed by atoms with Crippen LogP contribution in [0, 0.1) is 15.9 Å². The molecule has 0 aliphatic rings. The van der Waals surface area contributed by atoms with Crippen molar-refractivity contribution < 1.29 is 14.1 Å². The minimum Gasteiger partial charge on any atom is -0.478 e. The molecule has 0 aliphatic heterocycles. The summed E-state index contributed by atoms with van der Waals surface area (Å²) in [6.07, 6.45) is 1.58. The van der Waals surface area contributed by atoms with Gasteiger partial charge in [0.2, 0.25) is 5.88 Å². The van der Waals surface area contributed by atoms with Gasteiger partial charge in [-0.2, -0.15) is 0 Å². The quantitative estimate of drug-likeness (QED) is 0.653. The Morgan fingerprint density at radius 2 is 2.19 bits per heavy atom. The summed E-state index contributed by atoms with van der Waals surface area (Å²) >= 11 is 0. The first-order chi connectivity index (χ1) is 10.1. The van der Waals surface area contributed by atoms with Crippen LogP contribution in [0.4, 0.5) is 15.8 Å². The van der Waals surface area contributed by atoms with Crippen LogP contribution in [0.3, 0.4) is 0 Å². The van der Waals surface area contributed by atoms with Crippen molar-refractivity contribution in [3.63, 3.8) is 0 Å². The van der Waals surface area contributed by atoms with Crippen LogP contribution in [0.15, 0.2) is 36.5 Å². The zero-order valence-electron chi connectivity index (χ0n) is 11.4. The van der Waals surface area contributed by atoms with Gasteiger partial charge >= 0.3 is 0 Å². The lowest BCUT2D eigenvalue weighted by atomic mass is 10.2. The van der Waals surface area contributed by atoms with Crippen LogP contribution in [0.25, 0.3) is 0 Å². The SMILES string of the molecule is CCOc1ccc(NCc2cc(F)cc([N+](=O)[O-])c2)cn1. The van der Waals surface area contributed by atoms with E-state index in [-0.39, 0.29) is 12.2 Å². The Hall–Kier alpha value is -2.70. The third-order valence-corrected chi connectivity index (χ3v) is 2.68. The van der Waals surface area contributed by atoms with Gasteiger partial charge in [-0.1, -0.05) is 0 Å². The van der Waals surface area contributed by atoms with Crippen LogP contribution in [-0.2, 0) is 6.54 Å². The zero-order chi connectivity index (χ0) is 15.2. The second-order valence-electron chi connectivity index (χ2n) is 4.25. The number of pyridine rings is 1. The molecule has 0 radical (unpaired) electrons. The summed E-state index contributed by atoms with van der Waals surface area (Å²) in [5.74, 6) is -0.115. The number of nitro groups is 1. The minimum absolute atomic E-state index is 0.258. The van der Waals surface area contributed by atoms with Gasteiger partial charge in [0.25, 0.3) is 5.69 Å². The normalized spacial score (nSPS) is 10.2. The molecule has 0 unspecified atom stereocenters. The zero-order valence-corrected chi connectivity index (χ0v) is 11.4. The van der Waals surface area contributed by atoms with Crippen LogP contribution in [-0.4, -0.2) is 16.5 Å². The molecule has 1 aromatic heterocycles. The number of ether oxygens (including phenoxy) is 1. The highest BCUT2D eigenvalue weighted by Gasteiger charge is 2.09. The fourth-order valence-corrected chi connectivity index (χ4v) is 1.76. The van der Waals surface area contributed by atoms with Gasteiger partial charge in [0.1, 0.15) is 5.82 Å². The molecule has 6 nitrogen and oxygen atoms in total. The van der Waals surface area contributed by atoms with E-state index in [0.717, 1.165) is 6.07 Å². The Labute approximate surface area is 120 Å². The highest BCUT2D eigenvalue weighted by Crippen LogP contribution is 2.18. The maximum absolute atomic E-state index is 13.3. The number of hydrogen-bond donors (Lipinski definition) is 1. The Kier molecular flexibility index (Phi) is 4.65. The number of nitro benzene ring substituents is 1. The number of rotatable bonds is 6. The summed E-state index contributed by atoms with van der Waals surface area (Å²) in [7, 11) is 0. The number of nitrogens with one attached hydrogen (secondary N) is 1. The number of nitrogens with zero attached hydrogens (tertiary/aromatic N) is 2. The average molecular weight is 291 g/mol. The molecule has 0 bridgehead atoms. The molecule has 2 aromatic rings. The van der Waals surface area contributed by atoms with E-state index in [9.17, 15) is 14.5 Å². The van der Waals surface area contributed by atoms with Crippen molar-refractivity contribution in [2.24, 2.45) is 0 Å². The van der Waals surface area contributed by atoms with Crippen molar-refractivity contribution in [1.29, 1.82) is 0 Å². The summed E-state index contributed by atoms with van der Waals surface area (Å²) in [4.78, 5) is 14.1. The monoisotopic (exact) mass is 291 g/mol. The predicted molar refractivity (Wildman–Crippen MR) is 75.8 cm³/mol. The number of anilines is 1. The lowest BCUT2D eigenvalue weighted by molar-refractivity contribution is -0.385. The van der Waals surface area contributed by atoms with Gasteiger partial charge in [0, 0.05) is 18.7 Å². The molecule has 0 aliphatic carbocycles. The van der Waals surface area contributed by atoms with Crippen molar-refractivity contribution in [2.75, 3.05) is 11.9 Å². The second-order valence-corrected chi connectivity index (χ2v) is 4.25. The minimum atomic E-state index is -0.634. The number of aromatic nitrogens is 1. The second kappa shape index (κ2) is 6.65. The molecule has 1 N–H and O–H groups in total. The summed E-state index contributed by atoms with van der Waals surface area (Å²) in [6, 6.07) is 6.95. The lowest BCUT2D eigenvalue weighted by Gasteiger charge is -2.07. The van der Waals surface area contributed by atoms with Gasteiger partial charge in [-0.15, -0.1) is 0 Å². The molecule has 0 spiro atoms. The summed E-state index contributed by atoms with van der Waals surface area (Å²) in [6.45, 7) is 2.66. The highest BCUT2D eigenvalue weighted by molar-refractivity contribution is 5.44. The Morgan fingerprint density at radius 1 is 1.38 bits per heavy atom. The first-order valence-electron chi connectivity index (χ1n) is 6.35. The standard InChI is InChI=1S/C14H14FN3O3/c1-2-21-14-4-3-12(9-17-14)16-8-10-5-11(15)7-13(6-10)18(19)20/h3-7,9,16H,2,8H2,1H3. The molecule has 0 saturated carbocycles. The number of benzene rings is 1. The molecule has 110 valence electrons. The van der Waals surface area contributed by atoms with Crippen molar-refractivity contribution in [3.8, 4) is 5.88 Å². The molecular weight excluding hydrogens is 277 g/mol. The molecule has 1 heterocycles. The molecule has 2 rings (SSSR count). The predicted octanol–water partition coefficient (Wildman–Crippen LogP) is 3.14. The lowest BCUT2D eigenvalue weighted by Crippen LogP contribution is -2.02. The molecule has 0 saturated heterocycles. The van der Waals surface area contributed by atoms with Crippen LogP contribution in [0.5, 0.6) is 5.88 Å². The van der Waals surface area contributed by atoms with E-state index in [1.807, 2.05) is 6.92 Å². The third-order valence-electron chi connectivity index (χ3n) is 2.68. The third kappa shape index (κ3) is 4.13. The molecule has 0 fully saturated rings. The fraction of sp³-hybridized carbons (Fsp3) is 0.214. The van der Waals surface area contributed by atoms with E-state index in [1.54, 1.807) is 18.3 Å². The van der Waals surface area contributed by atoms with Gasteiger partial charge < -0.3 is 10.1 Å². The maximum atomic E-state index is 13.3. The van der Waals surface area contributed by atoms with E-state index >= 15 is 0 Å². The fourth-order valence-electron chi connectivity index (χ4n) is 1.76. The van der Waals surface area contributed by atoms with E-state index in [1.165, 1.54) is 12.1 Å². The maximum Gasteiger partial charge on any atom is 0.272 e. The Morgan fingerprint density at radius 3 is 2.81 bits per heavy atom. The largest absolute Gasteiger partial charge is 0.478 e. The number of hydrogen-bond acceptors (Lipinski definition) is 5. The van der Waals surface area contributed by atoms with Crippen LogP contribution >= 0.6 is 0 Å². The van der Waals surface area contributed by atoms with E-state index in [0.29, 0.717) is 23.7 Å². The molecule has 1 aromatic carbocycles. The number of non-ortho nitro benzene ring substituents is 1. The first-order valence-corrected chi connectivity index (χ1v) is 6.35.